The zero-order valence-electron chi connectivity index (χ0n) is 12.3. The largest absolute Gasteiger partial charge is 0.464 e. The van der Waals surface area contributed by atoms with Crippen LogP contribution in [-0.2, 0) is 4.74 Å². The molecule has 0 spiro atoms. The Balaban J connectivity index is 2.42. The molecule has 5 nitrogen and oxygen atoms in total. The number of methoxy groups -OCH3 is 1. The van der Waals surface area contributed by atoms with Crippen molar-refractivity contribution in [1.29, 1.82) is 0 Å². The van der Waals surface area contributed by atoms with Crippen molar-refractivity contribution in [3.05, 3.63) is 34.4 Å². The van der Waals surface area contributed by atoms with E-state index in [0.29, 0.717) is 5.69 Å². The van der Waals surface area contributed by atoms with Gasteiger partial charge in [-0.05, 0) is 38.4 Å². The number of carbonyl (C=O) groups is 1. The summed E-state index contributed by atoms with van der Waals surface area (Å²) in [5.41, 5.74) is 1.94. The fourth-order valence-corrected chi connectivity index (χ4v) is 2.33. The number of anilines is 1. The first-order valence-electron chi connectivity index (χ1n) is 6.58. The number of aromatic nitrogens is 1. The highest BCUT2D eigenvalue weighted by molar-refractivity contribution is 9.10. The third-order valence-electron chi connectivity index (χ3n) is 3.04. The smallest absolute Gasteiger partial charge is 0.356 e. The molecule has 0 aliphatic carbocycles. The summed E-state index contributed by atoms with van der Waals surface area (Å²) < 4.78 is 5.73. The molecule has 112 valence electrons. The van der Waals surface area contributed by atoms with Crippen molar-refractivity contribution in [2.45, 2.75) is 0 Å². The van der Waals surface area contributed by atoms with Crippen molar-refractivity contribution in [2.75, 3.05) is 39.6 Å². The van der Waals surface area contributed by atoms with Gasteiger partial charge in [0.15, 0.2) is 5.69 Å². The van der Waals surface area contributed by atoms with E-state index in [2.05, 4.69) is 31.1 Å². The van der Waals surface area contributed by atoms with E-state index >= 15 is 0 Å². The van der Waals surface area contributed by atoms with Gasteiger partial charge in [-0.1, -0.05) is 15.9 Å². The molecule has 0 saturated carbocycles. The van der Waals surface area contributed by atoms with Crippen LogP contribution in [0.25, 0.3) is 10.9 Å². The lowest BCUT2D eigenvalue weighted by Gasteiger charge is -2.14. The van der Waals surface area contributed by atoms with Crippen LogP contribution < -0.4 is 5.32 Å². The Morgan fingerprint density at radius 2 is 2.14 bits per heavy atom. The molecule has 1 heterocycles. The van der Waals surface area contributed by atoms with E-state index in [0.717, 1.165) is 34.2 Å². The fourth-order valence-electron chi connectivity index (χ4n) is 1.97. The highest BCUT2D eigenvalue weighted by Gasteiger charge is 2.12. The molecule has 0 bridgehead atoms. The summed E-state index contributed by atoms with van der Waals surface area (Å²) in [6.07, 6.45) is 0. The van der Waals surface area contributed by atoms with Crippen LogP contribution in [-0.4, -0.2) is 50.1 Å². The predicted octanol–water partition coefficient (Wildman–Crippen LogP) is 2.76. The van der Waals surface area contributed by atoms with E-state index in [1.54, 1.807) is 6.07 Å². The molecule has 1 N–H and O–H groups in total. The van der Waals surface area contributed by atoms with E-state index in [9.17, 15) is 4.79 Å². The van der Waals surface area contributed by atoms with Crippen molar-refractivity contribution in [3.63, 3.8) is 0 Å². The first kappa shape index (κ1) is 15.7. The van der Waals surface area contributed by atoms with Gasteiger partial charge in [-0.2, -0.15) is 0 Å². The predicted molar refractivity (Wildman–Crippen MR) is 87.8 cm³/mol. The molecular weight excluding hydrogens is 334 g/mol. The van der Waals surface area contributed by atoms with Crippen LogP contribution in [0.4, 0.5) is 5.69 Å². The molecule has 0 unspecified atom stereocenters. The number of fused-ring (bicyclic) bond motifs is 1. The van der Waals surface area contributed by atoms with Crippen LogP contribution in [0.5, 0.6) is 0 Å². The molecule has 0 radical (unpaired) electrons. The van der Waals surface area contributed by atoms with Gasteiger partial charge in [-0.25, -0.2) is 9.78 Å². The topological polar surface area (TPSA) is 54.5 Å². The number of rotatable bonds is 5. The minimum atomic E-state index is -0.435. The molecule has 0 saturated heterocycles. The Labute approximate surface area is 132 Å². The van der Waals surface area contributed by atoms with Crippen LogP contribution in [0.2, 0.25) is 0 Å². The zero-order valence-corrected chi connectivity index (χ0v) is 13.9. The van der Waals surface area contributed by atoms with Crippen LogP contribution in [0.3, 0.4) is 0 Å². The van der Waals surface area contributed by atoms with Gasteiger partial charge in [-0.15, -0.1) is 0 Å². The van der Waals surface area contributed by atoms with Crippen LogP contribution in [0.15, 0.2) is 28.7 Å². The average Bonchev–Trinajstić information content (AvgIpc) is 2.46. The first-order valence-corrected chi connectivity index (χ1v) is 7.38. The molecule has 0 fully saturated rings. The summed E-state index contributed by atoms with van der Waals surface area (Å²) in [5.74, 6) is -0.435. The van der Waals surface area contributed by atoms with Crippen molar-refractivity contribution < 1.29 is 9.53 Å². The van der Waals surface area contributed by atoms with Gasteiger partial charge in [0, 0.05) is 28.6 Å². The van der Waals surface area contributed by atoms with Crippen molar-refractivity contribution in [2.24, 2.45) is 0 Å². The van der Waals surface area contributed by atoms with E-state index in [1.165, 1.54) is 7.11 Å². The van der Waals surface area contributed by atoms with Crippen LogP contribution in [0, 0.1) is 0 Å². The molecule has 0 atom stereocenters. The first-order chi connectivity index (χ1) is 10.0. The SMILES string of the molecule is COC(=O)c1cc(NCCN(C)C)c2cc(Br)ccc2n1. The lowest BCUT2D eigenvalue weighted by Crippen LogP contribution is -2.21. The maximum absolute atomic E-state index is 11.7. The van der Waals surface area contributed by atoms with E-state index < -0.39 is 5.97 Å². The quantitative estimate of drug-likeness (QED) is 0.839. The Bertz CT molecular complexity index is 659. The standard InChI is InChI=1S/C15H18BrN3O2/c1-19(2)7-6-17-13-9-14(15(20)21-3)18-12-5-4-10(16)8-11(12)13/h4-5,8-9H,6-7H2,1-3H3,(H,17,18). The second-order valence-electron chi connectivity index (χ2n) is 4.94. The van der Waals surface area contributed by atoms with Gasteiger partial charge in [0.05, 0.1) is 12.6 Å². The average molecular weight is 352 g/mol. The molecule has 1 aromatic carbocycles. The molecule has 1 aromatic heterocycles. The van der Waals surface area contributed by atoms with Gasteiger partial charge in [0.2, 0.25) is 0 Å². The van der Waals surface area contributed by atoms with Crippen molar-refractivity contribution in [3.8, 4) is 0 Å². The van der Waals surface area contributed by atoms with Gasteiger partial charge in [0.25, 0.3) is 0 Å². The number of nitrogens with one attached hydrogen (secondary N) is 1. The number of carbonyl (C=O) groups excluding carboxylic acids is 1. The summed E-state index contributed by atoms with van der Waals surface area (Å²) in [6, 6.07) is 7.50. The van der Waals surface area contributed by atoms with Gasteiger partial charge >= 0.3 is 5.97 Å². The van der Waals surface area contributed by atoms with E-state index in [4.69, 9.17) is 4.74 Å². The van der Waals surface area contributed by atoms with Gasteiger partial charge in [-0.3, -0.25) is 0 Å². The molecule has 0 aliphatic rings. The summed E-state index contributed by atoms with van der Waals surface area (Å²) in [6.45, 7) is 1.67. The Morgan fingerprint density at radius 3 is 2.81 bits per heavy atom. The molecular formula is C15H18BrN3O2. The lowest BCUT2D eigenvalue weighted by atomic mass is 10.1. The summed E-state index contributed by atoms with van der Waals surface area (Å²) >= 11 is 3.46. The third-order valence-corrected chi connectivity index (χ3v) is 3.53. The molecule has 0 aliphatic heterocycles. The van der Waals surface area contributed by atoms with E-state index in [1.807, 2.05) is 32.3 Å². The molecule has 6 heteroatoms. The third kappa shape index (κ3) is 3.92. The molecule has 2 aromatic rings. The second kappa shape index (κ2) is 6.87. The number of nitrogens with zero attached hydrogens (tertiary/aromatic N) is 2. The molecule has 2 rings (SSSR count). The Kier molecular flexibility index (Phi) is 5.14. The van der Waals surface area contributed by atoms with E-state index in [-0.39, 0.29) is 0 Å². The maximum atomic E-state index is 11.7. The lowest BCUT2D eigenvalue weighted by molar-refractivity contribution is 0.0594. The number of likely N-dealkylation sites (N-methyl/N-ethyl adjacent to an activating group) is 1. The number of hydrogen-bond donors (Lipinski definition) is 1. The fraction of sp³-hybridized carbons (Fsp3) is 0.333. The number of pyridine rings is 1. The maximum Gasteiger partial charge on any atom is 0.356 e. The normalized spacial score (nSPS) is 10.9. The number of esters is 1. The second-order valence-corrected chi connectivity index (χ2v) is 5.85. The molecule has 0 amide bonds. The minimum Gasteiger partial charge on any atom is -0.464 e. The number of ether oxygens (including phenoxy) is 1. The summed E-state index contributed by atoms with van der Waals surface area (Å²) in [7, 11) is 5.39. The Hall–Kier alpha value is -1.66. The van der Waals surface area contributed by atoms with Crippen LogP contribution in [0.1, 0.15) is 10.5 Å². The number of halogens is 1. The van der Waals surface area contributed by atoms with Crippen molar-refractivity contribution >= 4 is 38.5 Å². The molecule has 21 heavy (non-hydrogen) atoms. The zero-order chi connectivity index (χ0) is 15.4. The van der Waals surface area contributed by atoms with Crippen molar-refractivity contribution in [1.82, 2.24) is 9.88 Å². The monoisotopic (exact) mass is 351 g/mol. The highest BCUT2D eigenvalue weighted by atomic mass is 79.9. The number of hydrogen-bond acceptors (Lipinski definition) is 5. The Morgan fingerprint density at radius 1 is 1.38 bits per heavy atom. The van der Waals surface area contributed by atoms with Crippen LogP contribution >= 0.6 is 15.9 Å². The van der Waals surface area contributed by atoms with Gasteiger partial charge < -0.3 is 15.0 Å². The summed E-state index contributed by atoms with van der Waals surface area (Å²) in [5, 5.41) is 4.32. The minimum absolute atomic E-state index is 0.305. The highest BCUT2D eigenvalue weighted by Crippen LogP contribution is 2.26. The number of benzene rings is 1. The van der Waals surface area contributed by atoms with Gasteiger partial charge in [0.1, 0.15) is 0 Å². The summed E-state index contributed by atoms with van der Waals surface area (Å²) in [4.78, 5) is 18.2.